The summed E-state index contributed by atoms with van der Waals surface area (Å²) >= 11 is 0. The van der Waals surface area contributed by atoms with Crippen LogP contribution < -0.4 is 5.32 Å². The van der Waals surface area contributed by atoms with Crippen LogP contribution in [-0.4, -0.2) is 27.0 Å². The Morgan fingerprint density at radius 2 is 1.88 bits per heavy atom. The topological polar surface area (TPSA) is 66.6 Å². The van der Waals surface area contributed by atoms with Crippen LogP contribution in [0.15, 0.2) is 48.7 Å². The Bertz CT molecular complexity index is 886. The highest BCUT2D eigenvalue weighted by atomic mass is 19.4. The lowest BCUT2D eigenvalue weighted by atomic mass is 10.1. The van der Waals surface area contributed by atoms with E-state index in [1.807, 2.05) is 0 Å². The molecule has 0 fully saturated rings. The van der Waals surface area contributed by atoms with Gasteiger partial charge in [-0.2, -0.15) is 13.2 Å². The van der Waals surface area contributed by atoms with Gasteiger partial charge in [-0.05, 0) is 24.3 Å². The number of anilines is 1. The summed E-state index contributed by atoms with van der Waals surface area (Å²) in [5.74, 6) is -0.735. The van der Waals surface area contributed by atoms with Gasteiger partial charge in [0.25, 0.3) is 0 Å². The summed E-state index contributed by atoms with van der Waals surface area (Å²) < 4.78 is 39.7. The zero-order chi connectivity index (χ0) is 17.3. The molecule has 0 unspecified atom stereocenters. The van der Waals surface area contributed by atoms with Crippen LogP contribution in [0.5, 0.6) is 0 Å². The summed E-state index contributed by atoms with van der Waals surface area (Å²) in [6.07, 6.45) is -2.71. The van der Waals surface area contributed by atoms with Crippen LogP contribution in [0.25, 0.3) is 16.8 Å². The van der Waals surface area contributed by atoms with E-state index in [0.29, 0.717) is 22.7 Å². The third-order valence-electron chi connectivity index (χ3n) is 3.43. The molecule has 24 heavy (non-hydrogen) atoms. The van der Waals surface area contributed by atoms with Crippen LogP contribution in [-0.2, 0) is 11.0 Å². The first-order valence-electron chi connectivity index (χ1n) is 6.96. The van der Waals surface area contributed by atoms with E-state index in [4.69, 9.17) is 5.11 Å². The van der Waals surface area contributed by atoms with Gasteiger partial charge in [-0.3, -0.25) is 9.20 Å². The standard InChI is InChI=1S/C16H12F3N3O2/c17-16(18,19)11-6-4-10(5-7-11)14-12-3-1-2-8-22(12)15(21-14)20-9-13(23)24/h1-8H,9H2,(H,20,21)(H,23,24). The number of imidazole rings is 1. The largest absolute Gasteiger partial charge is 0.480 e. The molecule has 0 saturated heterocycles. The van der Waals surface area contributed by atoms with Crippen LogP contribution >= 0.6 is 0 Å². The second-order valence-corrected chi connectivity index (χ2v) is 5.06. The number of fused-ring (bicyclic) bond motifs is 1. The zero-order valence-corrected chi connectivity index (χ0v) is 12.2. The number of nitrogens with one attached hydrogen (secondary N) is 1. The van der Waals surface area contributed by atoms with Crippen molar-refractivity contribution in [3.63, 3.8) is 0 Å². The molecular weight excluding hydrogens is 323 g/mol. The highest BCUT2D eigenvalue weighted by molar-refractivity contribution is 5.80. The van der Waals surface area contributed by atoms with Crippen molar-refractivity contribution in [2.45, 2.75) is 6.18 Å². The van der Waals surface area contributed by atoms with Crippen LogP contribution in [0, 0.1) is 0 Å². The molecular formula is C16H12F3N3O2. The van der Waals surface area contributed by atoms with E-state index in [0.717, 1.165) is 12.1 Å². The Morgan fingerprint density at radius 3 is 2.50 bits per heavy atom. The number of aliphatic carboxylic acids is 1. The molecule has 0 atom stereocenters. The van der Waals surface area contributed by atoms with Crippen LogP contribution in [0.2, 0.25) is 0 Å². The van der Waals surface area contributed by atoms with Gasteiger partial charge in [-0.15, -0.1) is 0 Å². The van der Waals surface area contributed by atoms with E-state index in [9.17, 15) is 18.0 Å². The molecule has 0 aliphatic heterocycles. The Morgan fingerprint density at radius 1 is 1.17 bits per heavy atom. The molecule has 2 aromatic heterocycles. The third-order valence-corrected chi connectivity index (χ3v) is 3.43. The van der Waals surface area contributed by atoms with Crippen molar-refractivity contribution >= 4 is 17.4 Å². The Kier molecular flexibility index (Phi) is 3.88. The lowest BCUT2D eigenvalue weighted by molar-refractivity contribution is -0.137. The Labute approximate surface area is 134 Å². The van der Waals surface area contributed by atoms with Gasteiger partial charge >= 0.3 is 12.1 Å². The van der Waals surface area contributed by atoms with E-state index in [-0.39, 0.29) is 6.54 Å². The Balaban J connectivity index is 2.04. The fraction of sp³-hybridized carbons (Fsp3) is 0.125. The number of aromatic nitrogens is 2. The van der Waals surface area contributed by atoms with Crippen molar-refractivity contribution in [3.8, 4) is 11.3 Å². The van der Waals surface area contributed by atoms with Gasteiger partial charge in [0, 0.05) is 11.8 Å². The van der Waals surface area contributed by atoms with Crippen molar-refractivity contribution in [3.05, 3.63) is 54.2 Å². The maximum atomic E-state index is 12.7. The number of rotatable bonds is 4. The van der Waals surface area contributed by atoms with E-state index in [1.54, 1.807) is 28.8 Å². The van der Waals surface area contributed by atoms with Crippen LogP contribution in [0.4, 0.5) is 19.1 Å². The minimum Gasteiger partial charge on any atom is -0.480 e. The maximum absolute atomic E-state index is 12.7. The minimum atomic E-state index is -4.40. The quantitative estimate of drug-likeness (QED) is 0.766. The van der Waals surface area contributed by atoms with Gasteiger partial charge in [-0.1, -0.05) is 18.2 Å². The molecule has 8 heteroatoms. The van der Waals surface area contributed by atoms with Crippen LogP contribution in [0.1, 0.15) is 5.56 Å². The smallest absolute Gasteiger partial charge is 0.416 e. The average Bonchev–Trinajstić information content (AvgIpc) is 2.91. The normalized spacial score (nSPS) is 11.6. The van der Waals surface area contributed by atoms with E-state index in [1.165, 1.54) is 12.1 Å². The molecule has 0 radical (unpaired) electrons. The number of pyridine rings is 1. The summed E-state index contributed by atoms with van der Waals surface area (Å²) in [6.45, 7) is -0.319. The summed E-state index contributed by atoms with van der Waals surface area (Å²) in [4.78, 5) is 15.0. The highest BCUT2D eigenvalue weighted by Gasteiger charge is 2.30. The van der Waals surface area contributed by atoms with Crippen molar-refractivity contribution in [1.82, 2.24) is 9.38 Å². The Hall–Kier alpha value is -3.03. The van der Waals surface area contributed by atoms with E-state index in [2.05, 4.69) is 10.3 Å². The number of benzene rings is 1. The molecule has 0 aliphatic rings. The van der Waals surface area contributed by atoms with E-state index < -0.39 is 17.7 Å². The predicted molar refractivity (Wildman–Crippen MR) is 81.8 cm³/mol. The number of carboxylic acids is 1. The molecule has 2 heterocycles. The minimum absolute atomic E-state index is 0.308. The molecule has 0 amide bonds. The molecule has 0 bridgehead atoms. The van der Waals surface area contributed by atoms with Gasteiger partial charge in [-0.25, -0.2) is 4.98 Å². The van der Waals surface area contributed by atoms with Crippen molar-refractivity contribution in [1.29, 1.82) is 0 Å². The first kappa shape index (κ1) is 15.9. The number of nitrogens with zero attached hydrogens (tertiary/aromatic N) is 2. The molecule has 0 aliphatic carbocycles. The fourth-order valence-electron chi connectivity index (χ4n) is 2.35. The van der Waals surface area contributed by atoms with Gasteiger partial charge in [0.2, 0.25) is 5.95 Å². The van der Waals surface area contributed by atoms with Crippen LogP contribution in [0.3, 0.4) is 0 Å². The molecule has 5 nitrogen and oxygen atoms in total. The monoisotopic (exact) mass is 335 g/mol. The first-order valence-corrected chi connectivity index (χ1v) is 6.96. The summed E-state index contributed by atoms with van der Waals surface area (Å²) in [5.41, 5.74) is 0.899. The van der Waals surface area contributed by atoms with Gasteiger partial charge in [0.15, 0.2) is 0 Å². The second kappa shape index (κ2) is 5.88. The SMILES string of the molecule is O=C(O)CNc1nc(-c2ccc(C(F)(F)F)cc2)c2ccccn12. The maximum Gasteiger partial charge on any atom is 0.416 e. The molecule has 0 saturated carbocycles. The fourth-order valence-corrected chi connectivity index (χ4v) is 2.35. The zero-order valence-electron chi connectivity index (χ0n) is 12.2. The summed E-state index contributed by atoms with van der Waals surface area (Å²) in [7, 11) is 0. The molecule has 1 aromatic carbocycles. The van der Waals surface area contributed by atoms with Gasteiger partial charge in [0.1, 0.15) is 6.54 Å². The van der Waals surface area contributed by atoms with Crippen molar-refractivity contribution in [2.75, 3.05) is 11.9 Å². The highest BCUT2D eigenvalue weighted by Crippen LogP contribution is 2.32. The summed E-state index contributed by atoms with van der Waals surface area (Å²) in [6, 6.07) is 9.95. The first-order chi connectivity index (χ1) is 11.4. The summed E-state index contributed by atoms with van der Waals surface area (Å²) in [5, 5.41) is 11.5. The molecule has 2 N–H and O–H groups in total. The number of alkyl halides is 3. The number of carboxylic acid groups (broad SMARTS) is 1. The number of carbonyl (C=O) groups is 1. The number of halogens is 3. The lowest BCUT2D eigenvalue weighted by Crippen LogP contribution is -2.14. The number of hydrogen-bond acceptors (Lipinski definition) is 3. The lowest BCUT2D eigenvalue weighted by Gasteiger charge is -2.06. The molecule has 3 rings (SSSR count). The number of hydrogen-bond donors (Lipinski definition) is 2. The van der Waals surface area contributed by atoms with E-state index >= 15 is 0 Å². The van der Waals surface area contributed by atoms with Gasteiger partial charge < -0.3 is 10.4 Å². The third kappa shape index (κ3) is 3.03. The predicted octanol–water partition coefficient (Wildman–Crippen LogP) is 3.52. The van der Waals surface area contributed by atoms with Crippen molar-refractivity contribution in [2.24, 2.45) is 0 Å². The molecule has 124 valence electrons. The van der Waals surface area contributed by atoms with Crippen molar-refractivity contribution < 1.29 is 23.1 Å². The average molecular weight is 335 g/mol. The molecule has 3 aromatic rings. The second-order valence-electron chi connectivity index (χ2n) is 5.06. The van der Waals surface area contributed by atoms with Gasteiger partial charge in [0.05, 0.1) is 16.8 Å². The molecule has 0 spiro atoms.